The predicted octanol–water partition coefficient (Wildman–Crippen LogP) is 4.60. The van der Waals surface area contributed by atoms with E-state index in [-0.39, 0.29) is 5.91 Å². The average molecular weight is 497 g/mol. The number of nitrogens with zero attached hydrogens (tertiary/aromatic N) is 5. The van der Waals surface area contributed by atoms with Crippen LogP contribution in [0.5, 0.6) is 0 Å². The van der Waals surface area contributed by atoms with Gasteiger partial charge in [0.25, 0.3) is 0 Å². The summed E-state index contributed by atoms with van der Waals surface area (Å²) in [6.07, 6.45) is 2.10. The van der Waals surface area contributed by atoms with Crippen LogP contribution in [0.3, 0.4) is 0 Å². The topological polar surface area (TPSA) is 56.1 Å². The Kier molecular flexibility index (Phi) is 7.82. The van der Waals surface area contributed by atoms with Gasteiger partial charge in [-0.2, -0.15) is 0 Å². The number of anilines is 2. The first-order valence-electron chi connectivity index (χ1n) is 13.3. The maximum atomic E-state index is 12.4. The summed E-state index contributed by atoms with van der Waals surface area (Å²) < 4.78 is 2.21. The van der Waals surface area contributed by atoms with E-state index in [9.17, 15) is 4.79 Å². The van der Waals surface area contributed by atoms with Crippen molar-refractivity contribution >= 4 is 22.9 Å². The number of pyridine rings is 1. The van der Waals surface area contributed by atoms with Crippen LogP contribution in [0.4, 0.5) is 11.4 Å². The highest BCUT2D eigenvalue weighted by Crippen LogP contribution is 2.28. The van der Waals surface area contributed by atoms with E-state index in [1.165, 1.54) is 11.4 Å². The Morgan fingerprint density at radius 3 is 2.30 bits per heavy atom. The van der Waals surface area contributed by atoms with Crippen molar-refractivity contribution < 1.29 is 4.79 Å². The minimum absolute atomic E-state index is 0.0134. The van der Waals surface area contributed by atoms with Gasteiger partial charge in [-0.25, -0.2) is 4.98 Å². The molecule has 0 radical (unpaired) electrons. The van der Waals surface area contributed by atoms with E-state index in [1.807, 2.05) is 18.2 Å². The maximum Gasteiger partial charge on any atom is 0.238 e. The lowest BCUT2D eigenvalue weighted by molar-refractivity contribution is -0.117. The third-order valence-electron chi connectivity index (χ3n) is 7.20. The molecular formula is C30H36N6O. The zero-order valence-corrected chi connectivity index (χ0v) is 21.8. The van der Waals surface area contributed by atoms with Crippen LogP contribution < -0.4 is 10.2 Å². The van der Waals surface area contributed by atoms with Gasteiger partial charge in [-0.15, -0.1) is 0 Å². The molecule has 4 aromatic rings. The molecule has 0 saturated carbocycles. The van der Waals surface area contributed by atoms with Crippen molar-refractivity contribution in [3.05, 3.63) is 84.7 Å². The normalized spacial score (nSPS) is 14.4. The van der Waals surface area contributed by atoms with Crippen molar-refractivity contribution in [1.29, 1.82) is 0 Å². The molecule has 0 aliphatic carbocycles. The molecule has 37 heavy (non-hydrogen) atoms. The molecule has 5 rings (SSSR count). The number of likely N-dealkylation sites (N-methyl/N-ethyl adjacent to an activating group) is 1. The first-order valence-corrected chi connectivity index (χ1v) is 13.3. The molecule has 1 N–H and O–H groups in total. The second-order valence-corrected chi connectivity index (χ2v) is 9.52. The van der Waals surface area contributed by atoms with E-state index in [1.54, 1.807) is 0 Å². The minimum Gasteiger partial charge on any atom is -0.369 e. The third kappa shape index (κ3) is 5.84. The molecule has 0 unspecified atom stereocenters. The van der Waals surface area contributed by atoms with Crippen LogP contribution in [0, 0.1) is 0 Å². The number of benzene rings is 2. The monoisotopic (exact) mass is 496 g/mol. The molecule has 1 aliphatic rings. The van der Waals surface area contributed by atoms with Crippen molar-refractivity contribution in [3.63, 3.8) is 0 Å². The number of amides is 1. The number of carbonyl (C=O) groups is 1. The molecule has 2 aromatic heterocycles. The summed E-state index contributed by atoms with van der Waals surface area (Å²) in [5.41, 5.74) is 6.31. The SMILES string of the molecule is CCN(CC)CC(=O)Nc1ccc(-c2nc3ccccn3c2CN2CCN(c3ccccc3)CC2)cc1. The molecule has 7 nitrogen and oxygen atoms in total. The van der Waals surface area contributed by atoms with Crippen LogP contribution in [-0.2, 0) is 11.3 Å². The van der Waals surface area contributed by atoms with Gasteiger partial charge >= 0.3 is 0 Å². The van der Waals surface area contributed by atoms with Gasteiger partial charge in [-0.05, 0) is 49.5 Å². The Hall–Kier alpha value is -3.68. The van der Waals surface area contributed by atoms with Crippen molar-refractivity contribution in [2.45, 2.75) is 20.4 Å². The Balaban J connectivity index is 1.31. The van der Waals surface area contributed by atoms with Crippen molar-refractivity contribution in [2.75, 3.05) is 56.0 Å². The van der Waals surface area contributed by atoms with Gasteiger partial charge < -0.3 is 14.6 Å². The van der Waals surface area contributed by atoms with Crippen LogP contribution >= 0.6 is 0 Å². The molecule has 192 valence electrons. The zero-order chi connectivity index (χ0) is 25.6. The summed E-state index contributed by atoms with van der Waals surface area (Å²) in [6.45, 7) is 11.1. The Morgan fingerprint density at radius 2 is 1.59 bits per heavy atom. The van der Waals surface area contributed by atoms with Gasteiger partial charge in [0.1, 0.15) is 5.65 Å². The van der Waals surface area contributed by atoms with Crippen molar-refractivity contribution in [2.24, 2.45) is 0 Å². The summed E-state index contributed by atoms with van der Waals surface area (Å²) in [5.74, 6) is 0.0134. The van der Waals surface area contributed by atoms with Crippen LogP contribution in [0.2, 0.25) is 0 Å². The first-order chi connectivity index (χ1) is 18.1. The van der Waals surface area contributed by atoms with Crippen LogP contribution in [0.15, 0.2) is 79.0 Å². The maximum absolute atomic E-state index is 12.4. The molecule has 1 aliphatic heterocycles. The molecular weight excluding hydrogens is 460 g/mol. The summed E-state index contributed by atoms with van der Waals surface area (Å²) in [5, 5.41) is 3.03. The number of para-hydroxylation sites is 1. The average Bonchev–Trinajstić information content (AvgIpc) is 3.31. The Labute approximate surface area is 219 Å². The number of carbonyl (C=O) groups excluding carboxylic acids is 1. The fourth-order valence-corrected chi connectivity index (χ4v) is 5.01. The van der Waals surface area contributed by atoms with Crippen molar-refractivity contribution in [3.8, 4) is 11.3 Å². The second kappa shape index (κ2) is 11.6. The number of hydrogen-bond donors (Lipinski definition) is 1. The number of nitrogens with one attached hydrogen (secondary N) is 1. The lowest BCUT2D eigenvalue weighted by Crippen LogP contribution is -2.46. The number of rotatable bonds is 9. The van der Waals surface area contributed by atoms with Gasteiger partial charge in [-0.3, -0.25) is 14.6 Å². The van der Waals surface area contributed by atoms with Gasteiger partial charge in [0.15, 0.2) is 0 Å². The largest absolute Gasteiger partial charge is 0.369 e. The predicted molar refractivity (Wildman–Crippen MR) is 151 cm³/mol. The second-order valence-electron chi connectivity index (χ2n) is 9.52. The first kappa shape index (κ1) is 25.0. The highest BCUT2D eigenvalue weighted by Gasteiger charge is 2.21. The summed E-state index contributed by atoms with van der Waals surface area (Å²) in [6, 6.07) is 24.9. The summed E-state index contributed by atoms with van der Waals surface area (Å²) in [7, 11) is 0. The molecule has 0 spiro atoms. The van der Waals surface area contributed by atoms with Crippen LogP contribution in [0.1, 0.15) is 19.5 Å². The number of imidazole rings is 1. The quantitative estimate of drug-likeness (QED) is 0.367. The molecule has 0 atom stereocenters. The highest BCUT2D eigenvalue weighted by atomic mass is 16.2. The van der Waals surface area contributed by atoms with Crippen molar-refractivity contribution in [1.82, 2.24) is 19.2 Å². The number of hydrogen-bond acceptors (Lipinski definition) is 5. The number of piperazine rings is 1. The molecule has 1 fully saturated rings. The van der Waals surface area contributed by atoms with Crippen LogP contribution in [-0.4, -0.2) is 70.9 Å². The standard InChI is InChI=1S/C30H36N6O/c1-3-33(4-2)23-29(37)31-25-15-13-24(14-16-25)30-27(36-17-9-8-12-28(36)32-30)22-34-18-20-35(21-19-34)26-10-6-5-7-11-26/h5-17H,3-4,18-23H2,1-2H3,(H,31,37). The highest BCUT2D eigenvalue weighted by molar-refractivity contribution is 5.92. The number of aromatic nitrogens is 2. The lowest BCUT2D eigenvalue weighted by atomic mass is 10.1. The Morgan fingerprint density at radius 1 is 0.892 bits per heavy atom. The van der Waals surface area contributed by atoms with E-state index in [0.717, 1.165) is 68.4 Å². The van der Waals surface area contributed by atoms with Gasteiger partial charge in [0.05, 0.1) is 17.9 Å². The summed E-state index contributed by atoms with van der Waals surface area (Å²) >= 11 is 0. The summed E-state index contributed by atoms with van der Waals surface area (Å²) in [4.78, 5) is 24.5. The van der Waals surface area contributed by atoms with Crippen LogP contribution in [0.25, 0.3) is 16.9 Å². The van der Waals surface area contributed by atoms with E-state index in [2.05, 4.69) is 99.1 Å². The van der Waals surface area contributed by atoms with Gasteiger partial charge in [0.2, 0.25) is 5.91 Å². The number of fused-ring (bicyclic) bond motifs is 1. The molecule has 2 aromatic carbocycles. The molecule has 0 bridgehead atoms. The molecule has 7 heteroatoms. The van der Waals surface area contributed by atoms with Gasteiger partial charge in [0, 0.05) is 55.9 Å². The fourth-order valence-electron chi connectivity index (χ4n) is 5.01. The molecule has 1 amide bonds. The van der Waals surface area contributed by atoms with E-state index in [4.69, 9.17) is 4.98 Å². The zero-order valence-electron chi connectivity index (χ0n) is 21.8. The fraction of sp³-hybridized carbons (Fsp3) is 0.333. The molecule has 1 saturated heterocycles. The third-order valence-corrected chi connectivity index (χ3v) is 7.20. The minimum atomic E-state index is 0.0134. The Bertz CT molecular complexity index is 1310. The van der Waals surface area contributed by atoms with E-state index in [0.29, 0.717) is 6.54 Å². The van der Waals surface area contributed by atoms with Gasteiger partial charge in [-0.1, -0.05) is 50.2 Å². The molecule has 3 heterocycles. The smallest absolute Gasteiger partial charge is 0.238 e. The lowest BCUT2D eigenvalue weighted by Gasteiger charge is -2.36. The van der Waals surface area contributed by atoms with E-state index >= 15 is 0 Å². The van der Waals surface area contributed by atoms with E-state index < -0.39 is 0 Å².